The average Bonchev–Trinajstić information content (AvgIpc) is 2.98. The largest absolute Gasteiger partial charge is 0.465 e. The summed E-state index contributed by atoms with van der Waals surface area (Å²) < 4.78 is 4.77. The highest BCUT2D eigenvalue weighted by molar-refractivity contribution is 5.91. The number of ether oxygens (including phenoxy) is 1. The molecule has 2 unspecified atom stereocenters. The Morgan fingerprint density at radius 1 is 1.50 bits per heavy atom. The molecule has 0 spiro atoms. The quantitative estimate of drug-likeness (QED) is 0.771. The third-order valence-corrected chi connectivity index (χ3v) is 4.75. The van der Waals surface area contributed by atoms with E-state index in [0.717, 1.165) is 25.9 Å². The molecule has 1 aromatic heterocycles. The molecule has 2 rings (SSSR count). The van der Waals surface area contributed by atoms with Crippen molar-refractivity contribution in [1.82, 2.24) is 9.88 Å². The fourth-order valence-electron chi connectivity index (χ4n) is 3.50. The van der Waals surface area contributed by atoms with E-state index in [9.17, 15) is 10.1 Å². The van der Waals surface area contributed by atoms with Crippen LogP contribution in [0.3, 0.4) is 0 Å². The molecule has 0 bridgehead atoms. The molecule has 0 N–H and O–H groups in total. The first-order valence-electron chi connectivity index (χ1n) is 8.34. The highest BCUT2D eigenvalue weighted by atomic mass is 16.5. The topological polar surface area (TPSA) is 69.5 Å². The number of pyridine rings is 1. The molecular formula is C18H26N4O2. The van der Waals surface area contributed by atoms with Gasteiger partial charge in [0.2, 0.25) is 0 Å². The Labute approximate surface area is 144 Å². The number of aromatic nitrogens is 1. The van der Waals surface area contributed by atoms with E-state index in [-0.39, 0.29) is 0 Å². The lowest BCUT2D eigenvalue weighted by Crippen LogP contribution is -2.35. The summed E-state index contributed by atoms with van der Waals surface area (Å²) in [5, 5.41) is 9.51. The summed E-state index contributed by atoms with van der Waals surface area (Å²) in [5.41, 5.74) is 1.37. The number of methoxy groups -OCH3 is 1. The first kappa shape index (κ1) is 18.2. The molecule has 1 saturated heterocycles. The number of esters is 1. The third-order valence-electron chi connectivity index (χ3n) is 4.75. The second-order valence-electron chi connectivity index (χ2n) is 6.58. The van der Waals surface area contributed by atoms with Crippen molar-refractivity contribution < 1.29 is 9.53 Å². The smallest absolute Gasteiger partial charge is 0.339 e. The number of hydrogen-bond donors (Lipinski definition) is 0. The molecular weight excluding hydrogens is 304 g/mol. The minimum Gasteiger partial charge on any atom is -0.465 e. The van der Waals surface area contributed by atoms with E-state index in [1.165, 1.54) is 7.11 Å². The Balaban J connectivity index is 2.37. The number of rotatable bonds is 5. The minimum atomic E-state index is -0.459. The maximum absolute atomic E-state index is 11.8. The van der Waals surface area contributed by atoms with Crippen molar-refractivity contribution in [3.8, 4) is 6.07 Å². The molecule has 1 aliphatic heterocycles. The van der Waals surface area contributed by atoms with Crippen LogP contribution in [0.2, 0.25) is 0 Å². The molecule has 0 radical (unpaired) electrons. The third kappa shape index (κ3) is 3.51. The maximum atomic E-state index is 11.8. The number of nitriles is 1. The van der Waals surface area contributed by atoms with Crippen molar-refractivity contribution in [2.24, 2.45) is 5.92 Å². The van der Waals surface area contributed by atoms with Gasteiger partial charge < -0.3 is 14.5 Å². The lowest BCUT2D eigenvalue weighted by atomic mass is 9.98. The molecule has 24 heavy (non-hydrogen) atoms. The zero-order valence-electron chi connectivity index (χ0n) is 15.2. The molecule has 6 heteroatoms. The summed E-state index contributed by atoms with van der Waals surface area (Å²) in [6.45, 7) is 5.70. The Morgan fingerprint density at radius 3 is 2.75 bits per heavy atom. The van der Waals surface area contributed by atoms with Crippen LogP contribution in [0, 0.1) is 24.2 Å². The van der Waals surface area contributed by atoms with Crippen molar-refractivity contribution >= 4 is 11.8 Å². The van der Waals surface area contributed by atoms with Gasteiger partial charge in [-0.25, -0.2) is 9.78 Å². The fraction of sp³-hybridized carbons (Fsp3) is 0.611. The minimum absolute atomic E-state index is 0.353. The van der Waals surface area contributed by atoms with Crippen molar-refractivity contribution in [1.29, 1.82) is 5.26 Å². The van der Waals surface area contributed by atoms with E-state index in [2.05, 4.69) is 41.9 Å². The summed E-state index contributed by atoms with van der Waals surface area (Å²) in [5.74, 6) is 0.770. The maximum Gasteiger partial charge on any atom is 0.339 e. The van der Waals surface area contributed by atoms with Crippen molar-refractivity contribution in [3.05, 3.63) is 22.9 Å². The number of carbonyl (C=O) groups excluding carboxylic acids is 1. The van der Waals surface area contributed by atoms with Crippen molar-refractivity contribution in [3.63, 3.8) is 0 Å². The van der Waals surface area contributed by atoms with Gasteiger partial charge in [-0.1, -0.05) is 13.3 Å². The van der Waals surface area contributed by atoms with E-state index in [4.69, 9.17) is 4.74 Å². The second kappa shape index (κ2) is 7.63. The van der Waals surface area contributed by atoms with Gasteiger partial charge in [-0.15, -0.1) is 0 Å². The Hall–Kier alpha value is -2.13. The Morgan fingerprint density at radius 2 is 2.21 bits per heavy atom. The molecule has 0 amide bonds. The van der Waals surface area contributed by atoms with Crippen LogP contribution in [0.5, 0.6) is 0 Å². The predicted octanol–water partition coefficient (Wildman–Crippen LogP) is 2.21. The Kier molecular flexibility index (Phi) is 5.79. The van der Waals surface area contributed by atoms with E-state index < -0.39 is 5.97 Å². The van der Waals surface area contributed by atoms with E-state index >= 15 is 0 Å². The van der Waals surface area contributed by atoms with Crippen LogP contribution >= 0.6 is 0 Å². The lowest BCUT2D eigenvalue weighted by Gasteiger charge is -2.24. The molecule has 0 aromatic carbocycles. The first-order valence-corrected chi connectivity index (χ1v) is 8.34. The Bertz CT molecular complexity index is 651. The van der Waals surface area contributed by atoms with Crippen LogP contribution in [0.1, 0.15) is 41.4 Å². The van der Waals surface area contributed by atoms with Gasteiger partial charge in [0.15, 0.2) is 0 Å². The number of nitrogens with zero attached hydrogens (tertiary/aromatic N) is 4. The number of anilines is 1. The van der Waals surface area contributed by atoms with Crippen LogP contribution in [0.15, 0.2) is 6.07 Å². The van der Waals surface area contributed by atoms with Crippen molar-refractivity contribution in [2.45, 2.75) is 32.7 Å². The summed E-state index contributed by atoms with van der Waals surface area (Å²) in [6.07, 6.45) is 2.29. The van der Waals surface area contributed by atoms with Gasteiger partial charge in [0.1, 0.15) is 11.9 Å². The highest BCUT2D eigenvalue weighted by Crippen LogP contribution is 2.31. The molecule has 1 aliphatic rings. The van der Waals surface area contributed by atoms with Gasteiger partial charge in [-0.05, 0) is 39.4 Å². The standard InChI is InChI=1S/C18H26N4O2/c1-6-7-13-10-22(11-16(13)21(3)4)17-14(9-19)8-15(12(2)20-17)18(23)24-5/h8,13,16H,6-7,10-11H2,1-5H3. The predicted molar refractivity (Wildman–Crippen MR) is 93.1 cm³/mol. The van der Waals surface area contributed by atoms with E-state index in [1.54, 1.807) is 13.0 Å². The van der Waals surface area contributed by atoms with Crippen LogP contribution in [-0.2, 0) is 4.74 Å². The van der Waals surface area contributed by atoms with Crippen LogP contribution in [0.25, 0.3) is 0 Å². The number of likely N-dealkylation sites (N-methyl/N-ethyl adjacent to an activating group) is 1. The first-order chi connectivity index (χ1) is 11.4. The SMILES string of the molecule is CCCC1CN(c2nc(C)c(C(=O)OC)cc2C#N)CC1N(C)C. The lowest BCUT2D eigenvalue weighted by molar-refractivity contribution is 0.0599. The van der Waals surface area contributed by atoms with Gasteiger partial charge >= 0.3 is 5.97 Å². The second-order valence-corrected chi connectivity index (χ2v) is 6.58. The number of carbonyl (C=O) groups is 1. The van der Waals surface area contributed by atoms with Gasteiger partial charge in [0, 0.05) is 19.1 Å². The van der Waals surface area contributed by atoms with Crippen molar-refractivity contribution in [2.75, 3.05) is 39.2 Å². The zero-order chi connectivity index (χ0) is 17.9. The van der Waals surface area contributed by atoms with Crippen LogP contribution < -0.4 is 4.90 Å². The van der Waals surface area contributed by atoms with Gasteiger partial charge in [0.05, 0.1) is 23.9 Å². The van der Waals surface area contributed by atoms with Crippen LogP contribution in [-0.4, -0.2) is 56.2 Å². The summed E-state index contributed by atoms with van der Waals surface area (Å²) in [4.78, 5) is 20.8. The van der Waals surface area contributed by atoms with E-state index in [0.29, 0.717) is 34.6 Å². The summed E-state index contributed by atoms with van der Waals surface area (Å²) >= 11 is 0. The number of aryl methyl sites for hydroxylation is 1. The molecule has 2 atom stereocenters. The molecule has 2 heterocycles. The zero-order valence-corrected chi connectivity index (χ0v) is 15.2. The van der Waals surface area contributed by atoms with Gasteiger partial charge in [-0.3, -0.25) is 0 Å². The fourth-order valence-corrected chi connectivity index (χ4v) is 3.50. The normalized spacial score (nSPS) is 20.3. The molecule has 0 saturated carbocycles. The van der Waals surface area contributed by atoms with E-state index in [1.807, 2.05) is 0 Å². The summed E-state index contributed by atoms with van der Waals surface area (Å²) in [7, 11) is 5.53. The number of hydrogen-bond acceptors (Lipinski definition) is 6. The summed E-state index contributed by atoms with van der Waals surface area (Å²) in [6, 6.07) is 4.23. The molecule has 0 aliphatic carbocycles. The monoisotopic (exact) mass is 330 g/mol. The highest BCUT2D eigenvalue weighted by Gasteiger charge is 2.35. The molecule has 1 aromatic rings. The molecule has 1 fully saturated rings. The molecule has 6 nitrogen and oxygen atoms in total. The average molecular weight is 330 g/mol. The van der Waals surface area contributed by atoms with Gasteiger partial charge in [-0.2, -0.15) is 5.26 Å². The van der Waals surface area contributed by atoms with Gasteiger partial charge in [0.25, 0.3) is 0 Å². The molecule has 130 valence electrons. The van der Waals surface area contributed by atoms with Crippen LogP contribution in [0.4, 0.5) is 5.82 Å².